The standard InChI is InChI=1S/C30H26O8/c1-36-26-13-18(5-6-25(26)35)29-28(19-11-22(33)15-23(34)12-19)24-9-17(10-27(37-2)30(24)38-29)4-3-16-7-20(31)14-21(32)8-16/h3-15,28-29,31-35H,1-2H3/t28-,29+/m0/s1. The summed E-state index contributed by atoms with van der Waals surface area (Å²) >= 11 is 0. The van der Waals surface area contributed by atoms with Crippen molar-refractivity contribution in [3.63, 3.8) is 0 Å². The van der Waals surface area contributed by atoms with Crippen molar-refractivity contribution < 1.29 is 39.7 Å². The van der Waals surface area contributed by atoms with Crippen LogP contribution in [0.1, 0.15) is 39.8 Å². The molecule has 4 aromatic rings. The van der Waals surface area contributed by atoms with E-state index in [9.17, 15) is 25.5 Å². The summed E-state index contributed by atoms with van der Waals surface area (Å²) in [5, 5.41) is 50.2. The van der Waals surface area contributed by atoms with Gasteiger partial charge in [-0.25, -0.2) is 0 Å². The van der Waals surface area contributed by atoms with E-state index in [-0.39, 0.29) is 34.5 Å². The molecule has 5 N–H and O–H groups in total. The van der Waals surface area contributed by atoms with Gasteiger partial charge in [0.15, 0.2) is 23.0 Å². The fraction of sp³-hybridized carbons (Fsp3) is 0.133. The topological polar surface area (TPSA) is 129 Å². The Morgan fingerprint density at radius 2 is 1.21 bits per heavy atom. The number of hydrogen-bond acceptors (Lipinski definition) is 8. The Morgan fingerprint density at radius 3 is 1.82 bits per heavy atom. The third kappa shape index (κ3) is 4.71. The van der Waals surface area contributed by atoms with Gasteiger partial charge in [0.05, 0.1) is 20.1 Å². The van der Waals surface area contributed by atoms with Crippen LogP contribution in [0.2, 0.25) is 0 Å². The molecule has 1 aliphatic heterocycles. The van der Waals surface area contributed by atoms with Crippen molar-refractivity contribution in [1.29, 1.82) is 0 Å². The molecule has 0 radical (unpaired) electrons. The molecule has 194 valence electrons. The molecule has 1 aliphatic rings. The Kier molecular flexibility index (Phi) is 6.38. The highest BCUT2D eigenvalue weighted by atomic mass is 16.5. The number of rotatable bonds is 6. The maximum Gasteiger partial charge on any atom is 0.166 e. The van der Waals surface area contributed by atoms with Gasteiger partial charge < -0.3 is 39.7 Å². The molecule has 2 atom stereocenters. The fourth-order valence-electron chi connectivity index (χ4n) is 4.80. The lowest BCUT2D eigenvalue weighted by atomic mass is 9.84. The van der Waals surface area contributed by atoms with Crippen molar-refractivity contribution in [1.82, 2.24) is 0 Å². The molecule has 0 fully saturated rings. The second-order valence-electron chi connectivity index (χ2n) is 8.99. The molecule has 0 aliphatic carbocycles. The number of hydrogen-bond donors (Lipinski definition) is 5. The van der Waals surface area contributed by atoms with E-state index in [4.69, 9.17) is 14.2 Å². The predicted molar refractivity (Wildman–Crippen MR) is 141 cm³/mol. The number of phenolic OH excluding ortho intramolecular Hbond substituents is 5. The maximum atomic E-state index is 10.3. The van der Waals surface area contributed by atoms with Crippen LogP contribution in [0.4, 0.5) is 0 Å². The van der Waals surface area contributed by atoms with Crippen molar-refractivity contribution in [2.75, 3.05) is 14.2 Å². The Hall–Kier alpha value is -4.98. The number of benzene rings is 4. The number of aromatic hydroxyl groups is 5. The first-order valence-corrected chi connectivity index (χ1v) is 11.7. The summed E-state index contributed by atoms with van der Waals surface area (Å²) in [5.74, 6) is 0.480. The number of ether oxygens (including phenoxy) is 3. The minimum absolute atomic E-state index is 0.0127. The second kappa shape index (κ2) is 9.82. The van der Waals surface area contributed by atoms with Crippen molar-refractivity contribution in [2.24, 2.45) is 0 Å². The summed E-state index contributed by atoms with van der Waals surface area (Å²) in [5.41, 5.74) is 3.43. The van der Waals surface area contributed by atoms with E-state index >= 15 is 0 Å². The molecule has 1 heterocycles. The van der Waals surface area contributed by atoms with Gasteiger partial charge in [-0.3, -0.25) is 0 Å². The highest BCUT2D eigenvalue weighted by molar-refractivity contribution is 5.74. The van der Waals surface area contributed by atoms with E-state index in [0.29, 0.717) is 28.2 Å². The van der Waals surface area contributed by atoms with Crippen molar-refractivity contribution in [3.8, 4) is 46.0 Å². The number of methoxy groups -OCH3 is 2. The first-order chi connectivity index (χ1) is 18.2. The quantitative estimate of drug-likeness (QED) is 0.208. The fourth-order valence-corrected chi connectivity index (χ4v) is 4.80. The van der Waals surface area contributed by atoms with Gasteiger partial charge in [0.2, 0.25) is 0 Å². The van der Waals surface area contributed by atoms with E-state index < -0.39 is 12.0 Å². The van der Waals surface area contributed by atoms with Gasteiger partial charge in [-0.15, -0.1) is 0 Å². The van der Waals surface area contributed by atoms with Crippen LogP contribution in [0.3, 0.4) is 0 Å². The van der Waals surface area contributed by atoms with Crippen LogP contribution < -0.4 is 14.2 Å². The molecule has 5 rings (SSSR count). The summed E-state index contributed by atoms with van der Waals surface area (Å²) < 4.78 is 17.4. The van der Waals surface area contributed by atoms with E-state index in [2.05, 4.69) is 0 Å². The number of fused-ring (bicyclic) bond motifs is 1. The summed E-state index contributed by atoms with van der Waals surface area (Å²) in [6.07, 6.45) is 2.95. The first kappa shape index (κ1) is 24.7. The Balaban J connectivity index is 1.65. The van der Waals surface area contributed by atoms with Crippen LogP contribution in [0.25, 0.3) is 12.2 Å². The van der Waals surface area contributed by atoms with Gasteiger partial charge >= 0.3 is 0 Å². The molecule has 0 amide bonds. The largest absolute Gasteiger partial charge is 0.508 e. The normalized spacial score (nSPS) is 16.3. The summed E-state index contributed by atoms with van der Waals surface area (Å²) in [7, 11) is 2.99. The van der Waals surface area contributed by atoms with Crippen LogP contribution in [-0.2, 0) is 0 Å². The zero-order valence-electron chi connectivity index (χ0n) is 20.6. The Morgan fingerprint density at radius 1 is 0.632 bits per heavy atom. The van der Waals surface area contributed by atoms with Gasteiger partial charge in [-0.2, -0.15) is 0 Å². The van der Waals surface area contributed by atoms with E-state index in [1.165, 1.54) is 44.6 Å². The van der Waals surface area contributed by atoms with Gasteiger partial charge in [0, 0.05) is 17.7 Å². The summed E-state index contributed by atoms with van der Waals surface area (Å²) in [6.45, 7) is 0. The minimum atomic E-state index is -0.600. The van der Waals surface area contributed by atoms with Crippen LogP contribution in [0, 0.1) is 0 Å². The molecule has 0 saturated heterocycles. The number of phenols is 5. The molecule has 0 aromatic heterocycles. The van der Waals surface area contributed by atoms with Crippen LogP contribution in [0.15, 0.2) is 66.7 Å². The zero-order valence-corrected chi connectivity index (χ0v) is 20.6. The third-order valence-electron chi connectivity index (χ3n) is 6.42. The van der Waals surface area contributed by atoms with Crippen LogP contribution >= 0.6 is 0 Å². The van der Waals surface area contributed by atoms with Gasteiger partial charge in [-0.1, -0.05) is 18.2 Å². The van der Waals surface area contributed by atoms with Gasteiger partial charge in [0.1, 0.15) is 29.1 Å². The molecule has 4 aromatic carbocycles. The molecule has 0 unspecified atom stereocenters. The lowest BCUT2D eigenvalue weighted by Gasteiger charge is -2.21. The first-order valence-electron chi connectivity index (χ1n) is 11.7. The second-order valence-corrected chi connectivity index (χ2v) is 8.99. The molecule has 0 spiro atoms. The lowest BCUT2D eigenvalue weighted by Crippen LogP contribution is -2.11. The van der Waals surface area contributed by atoms with E-state index in [1.807, 2.05) is 12.1 Å². The van der Waals surface area contributed by atoms with Crippen molar-refractivity contribution >= 4 is 12.2 Å². The van der Waals surface area contributed by atoms with Crippen LogP contribution in [0.5, 0.6) is 46.0 Å². The lowest BCUT2D eigenvalue weighted by molar-refractivity contribution is 0.213. The third-order valence-corrected chi connectivity index (χ3v) is 6.42. The molecule has 8 heteroatoms. The van der Waals surface area contributed by atoms with Crippen LogP contribution in [-0.4, -0.2) is 39.8 Å². The molecule has 0 bridgehead atoms. The Bertz CT molecular complexity index is 1500. The monoisotopic (exact) mass is 514 g/mol. The maximum absolute atomic E-state index is 10.3. The minimum Gasteiger partial charge on any atom is -0.508 e. The molecular weight excluding hydrogens is 488 g/mol. The highest BCUT2D eigenvalue weighted by Gasteiger charge is 2.39. The van der Waals surface area contributed by atoms with Crippen molar-refractivity contribution in [2.45, 2.75) is 12.0 Å². The Labute approximate surface area is 218 Å². The molecular formula is C30H26O8. The van der Waals surface area contributed by atoms with Crippen molar-refractivity contribution in [3.05, 3.63) is 94.5 Å². The predicted octanol–water partition coefficient (Wildman–Crippen LogP) is 5.67. The average molecular weight is 515 g/mol. The van der Waals surface area contributed by atoms with Gasteiger partial charge in [-0.05, 0) is 70.8 Å². The van der Waals surface area contributed by atoms with E-state index in [0.717, 1.165) is 11.1 Å². The smallest absolute Gasteiger partial charge is 0.166 e. The van der Waals surface area contributed by atoms with Gasteiger partial charge in [0.25, 0.3) is 0 Å². The SMILES string of the molecule is COc1cc([C@H]2Oc3c(OC)cc(C=Cc4cc(O)cc(O)c4)cc3[C@@H]2c2cc(O)cc(O)c2)ccc1O. The summed E-state index contributed by atoms with van der Waals surface area (Å²) in [4.78, 5) is 0. The van der Waals surface area contributed by atoms with E-state index in [1.54, 1.807) is 36.4 Å². The molecule has 0 saturated carbocycles. The summed E-state index contributed by atoms with van der Waals surface area (Å²) in [6, 6.07) is 17.3. The average Bonchev–Trinajstić information content (AvgIpc) is 3.25. The highest BCUT2D eigenvalue weighted by Crippen LogP contribution is 2.54. The molecule has 38 heavy (non-hydrogen) atoms. The zero-order chi connectivity index (χ0) is 27.0. The molecule has 8 nitrogen and oxygen atoms in total.